The Bertz CT molecular complexity index is 1380. The van der Waals surface area contributed by atoms with Crippen LogP contribution in [0.5, 0.6) is 5.75 Å². The van der Waals surface area contributed by atoms with E-state index in [1.807, 2.05) is 30.3 Å². The third-order valence-corrected chi connectivity index (χ3v) is 5.80. The van der Waals surface area contributed by atoms with Gasteiger partial charge in [0.1, 0.15) is 17.2 Å². The van der Waals surface area contributed by atoms with Gasteiger partial charge in [-0.1, -0.05) is 30.3 Å². The quantitative estimate of drug-likeness (QED) is 0.523. The lowest BCUT2D eigenvalue weighted by Gasteiger charge is -2.21. The molecule has 0 N–H and O–H groups in total. The van der Waals surface area contributed by atoms with E-state index in [2.05, 4.69) is 10.1 Å². The van der Waals surface area contributed by atoms with E-state index in [0.717, 1.165) is 27.3 Å². The van der Waals surface area contributed by atoms with Crippen LogP contribution in [-0.2, 0) is 4.79 Å². The molecular formula is C26H24F2N4O3. The molecule has 0 bridgehead atoms. The Hall–Kier alpha value is -4.14. The van der Waals surface area contributed by atoms with E-state index in [0.29, 0.717) is 12.0 Å². The van der Waals surface area contributed by atoms with Crippen molar-refractivity contribution in [1.82, 2.24) is 9.78 Å². The number of rotatable bonds is 6. The van der Waals surface area contributed by atoms with E-state index < -0.39 is 23.0 Å². The molecule has 0 fully saturated rings. The van der Waals surface area contributed by atoms with Crippen molar-refractivity contribution in [3.05, 3.63) is 87.9 Å². The predicted molar refractivity (Wildman–Crippen MR) is 130 cm³/mol. The van der Waals surface area contributed by atoms with Crippen LogP contribution in [0.15, 0.2) is 64.5 Å². The Labute approximate surface area is 201 Å². The standard InChI is InChI=1S/C26H24F2N4O3/c1-4-31(16(2)33)22-13-20(28)23(14-19(22)27)32-15-24(35-3)26(34)25(30-32)18-10-11-29-21(12-18)17-8-6-5-7-9-17/h5-11,13-15,21H,4,12H2,1-3H3. The van der Waals surface area contributed by atoms with Crippen molar-refractivity contribution < 1.29 is 18.3 Å². The van der Waals surface area contributed by atoms with Gasteiger partial charge >= 0.3 is 0 Å². The topological polar surface area (TPSA) is 76.8 Å². The SMILES string of the molecule is CCN(C(C)=O)c1cc(F)c(-n2cc(OC)c(=O)c(C3=CC=NC(c4ccccc4)C3)n2)cc1F. The van der Waals surface area contributed by atoms with Crippen LogP contribution >= 0.6 is 0 Å². The highest BCUT2D eigenvalue weighted by Crippen LogP contribution is 2.32. The molecule has 7 nitrogen and oxygen atoms in total. The minimum absolute atomic E-state index is 0.0548. The maximum atomic E-state index is 15.1. The summed E-state index contributed by atoms with van der Waals surface area (Å²) in [5.41, 5.74) is 0.758. The van der Waals surface area contributed by atoms with E-state index in [1.165, 1.54) is 20.2 Å². The zero-order valence-electron chi connectivity index (χ0n) is 19.5. The van der Waals surface area contributed by atoms with Crippen LogP contribution in [-0.4, -0.2) is 35.6 Å². The predicted octanol–water partition coefficient (Wildman–Crippen LogP) is 4.49. The van der Waals surface area contributed by atoms with Gasteiger partial charge in [0.05, 0.1) is 25.0 Å². The second-order valence-corrected chi connectivity index (χ2v) is 7.96. The third kappa shape index (κ3) is 4.75. The molecule has 0 saturated heterocycles. The number of aromatic nitrogens is 2. The summed E-state index contributed by atoms with van der Waals surface area (Å²) in [5, 5.41) is 4.34. The Balaban J connectivity index is 1.78. The summed E-state index contributed by atoms with van der Waals surface area (Å²) < 4.78 is 36.4. The number of amides is 1. The first kappa shape index (κ1) is 24.0. The van der Waals surface area contributed by atoms with Gasteiger partial charge in [-0.3, -0.25) is 14.6 Å². The van der Waals surface area contributed by atoms with Crippen LogP contribution in [0, 0.1) is 11.6 Å². The number of ether oxygens (including phenoxy) is 1. The summed E-state index contributed by atoms with van der Waals surface area (Å²) in [6, 6.07) is 11.3. The van der Waals surface area contributed by atoms with Gasteiger partial charge in [0.2, 0.25) is 11.3 Å². The molecule has 2 aromatic carbocycles. The fourth-order valence-electron chi connectivity index (χ4n) is 4.04. The zero-order chi connectivity index (χ0) is 25.1. The average Bonchev–Trinajstić information content (AvgIpc) is 2.87. The van der Waals surface area contributed by atoms with E-state index in [-0.39, 0.29) is 35.4 Å². The number of carbonyl (C=O) groups excluding carboxylic acids is 1. The highest BCUT2D eigenvalue weighted by Gasteiger charge is 2.23. The lowest BCUT2D eigenvalue weighted by molar-refractivity contribution is -0.116. The van der Waals surface area contributed by atoms with Crippen molar-refractivity contribution in [2.45, 2.75) is 26.3 Å². The van der Waals surface area contributed by atoms with Gasteiger partial charge in [-0.2, -0.15) is 5.10 Å². The molecule has 3 aromatic rings. The molecule has 35 heavy (non-hydrogen) atoms. The number of methoxy groups -OCH3 is 1. The van der Waals surface area contributed by atoms with Crippen LogP contribution in [0.25, 0.3) is 11.3 Å². The van der Waals surface area contributed by atoms with Crippen LogP contribution in [0.4, 0.5) is 14.5 Å². The molecule has 0 radical (unpaired) electrons. The lowest BCUT2D eigenvalue weighted by atomic mass is 9.95. The zero-order valence-corrected chi connectivity index (χ0v) is 19.5. The number of benzene rings is 2. The lowest BCUT2D eigenvalue weighted by Crippen LogP contribution is -2.29. The van der Waals surface area contributed by atoms with Crippen LogP contribution < -0.4 is 15.1 Å². The smallest absolute Gasteiger partial charge is 0.249 e. The van der Waals surface area contributed by atoms with E-state index >= 15 is 4.39 Å². The van der Waals surface area contributed by atoms with Crippen molar-refractivity contribution in [2.75, 3.05) is 18.6 Å². The molecule has 9 heteroatoms. The fourth-order valence-corrected chi connectivity index (χ4v) is 4.04. The van der Waals surface area contributed by atoms with Gasteiger partial charge in [0, 0.05) is 38.2 Å². The van der Waals surface area contributed by atoms with Crippen molar-refractivity contribution >= 4 is 23.4 Å². The minimum Gasteiger partial charge on any atom is -0.491 e. The molecule has 1 aromatic heterocycles. The van der Waals surface area contributed by atoms with Crippen molar-refractivity contribution in [3.63, 3.8) is 0 Å². The molecule has 0 aliphatic carbocycles. The minimum atomic E-state index is -0.813. The Morgan fingerprint density at radius 1 is 1.20 bits per heavy atom. The number of carbonyl (C=O) groups is 1. The Morgan fingerprint density at radius 2 is 1.94 bits per heavy atom. The summed E-state index contributed by atoms with van der Waals surface area (Å²) in [7, 11) is 1.32. The highest BCUT2D eigenvalue weighted by molar-refractivity contribution is 5.91. The number of halogens is 2. The van der Waals surface area contributed by atoms with Gasteiger partial charge in [0.15, 0.2) is 11.6 Å². The number of aliphatic imine (C=N–C) groups is 1. The van der Waals surface area contributed by atoms with Gasteiger partial charge in [-0.15, -0.1) is 0 Å². The first-order valence-electron chi connectivity index (χ1n) is 11.1. The Kier molecular flexibility index (Phi) is 6.86. The van der Waals surface area contributed by atoms with E-state index in [4.69, 9.17) is 4.74 Å². The molecule has 1 amide bonds. The second kappa shape index (κ2) is 10.0. The van der Waals surface area contributed by atoms with Gasteiger partial charge in [-0.25, -0.2) is 13.5 Å². The monoisotopic (exact) mass is 478 g/mol. The number of dihydropyridines is 1. The summed E-state index contributed by atoms with van der Waals surface area (Å²) in [6.45, 7) is 3.12. The highest BCUT2D eigenvalue weighted by atomic mass is 19.1. The van der Waals surface area contributed by atoms with Gasteiger partial charge in [0.25, 0.3) is 0 Å². The second-order valence-electron chi connectivity index (χ2n) is 7.96. The molecule has 180 valence electrons. The number of allylic oxidation sites excluding steroid dienone is 1. The number of nitrogens with zero attached hydrogens (tertiary/aromatic N) is 4. The molecule has 4 rings (SSSR count). The van der Waals surface area contributed by atoms with Crippen molar-refractivity contribution in [1.29, 1.82) is 0 Å². The molecule has 1 atom stereocenters. The van der Waals surface area contributed by atoms with E-state index in [1.54, 1.807) is 19.2 Å². The summed E-state index contributed by atoms with van der Waals surface area (Å²) >= 11 is 0. The van der Waals surface area contributed by atoms with E-state index in [9.17, 15) is 14.0 Å². The number of hydrogen-bond donors (Lipinski definition) is 0. The van der Waals surface area contributed by atoms with Gasteiger partial charge in [-0.05, 0) is 24.1 Å². The summed E-state index contributed by atoms with van der Waals surface area (Å²) in [5.74, 6) is -2.10. The maximum absolute atomic E-state index is 15.1. The van der Waals surface area contributed by atoms with Crippen LogP contribution in [0.1, 0.15) is 37.6 Å². The molecular weight excluding hydrogens is 454 g/mol. The molecule has 1 aliphatic heterocycles. The van der Waals surface area contributed by atoms with Crippen molar-refractivity contribution in [3.8, 4) is 11.4 Å². The maximum Gasteiger partial charge on any atom is 0.249 e. The summed E-state index contributed by atoms with van der Waals surface area (Å²) in [4.78, 5) is 30.5. The molecule has 0 spiro atoms. The normalized spacial score (nSPS) is 15.0. The number of anilines is 1. The first-order valence-corrected chi connectivity index (χ1v) is 11.1. The molecule has 2 heterocycles. The molecule has 0 saturated carbocycles. The van der Waals surface area contributed by atoms with Gasteiger partial charge < -0.3 is 9.64 Å². The van der Waals surface area contributed by atoms with Crippen LogP contribution in [0.2, 0.25) is 0 Å². The molecule has 1 unspecified atom stereocenters. The largest absolute Gasteiger partial charge is 0.491 e. The average molecular weight is 478 g/mol. The first-order chi connectivity index (χ1) is 16.8. The fraction of sp³-hybridized carbons (Fsp3) is 0.231. The number of hydrogen-bond acceptors (Lipinski definition) is 5. The van der Waals surface area contributed by atoms with Crippen molar-refractivity contribution in [2.24, 2.45) is 4.99 Å². The van der Waals surface area contributed by atoms with Crippen LogP contribution in [0.3, 0.4) is 0 Å². The summed E-state index contributed by atoms with van der Waals surface area (Å²) in [6.07, 6.45) is 4.89. The molecule has 1 aliphatic rings. The third-order valence-electron chi connectivity index (χ3n) is 5.80. The Morgan fingerprint density at radius 3 is 2.60 bits per heavy atom.